The molecule has 0 spiro atoms. The summed E-state index contributed by atoms with van der Waals surface area (Å²) in [5, 5.41) is 20.3. The summed E-state index contributed by atoms with van der Waals surface area (Å²) in [5.41, 5.74) is 3.01. The first-order valence-corrected chi connectivity index (χ1v) is 8.62. The Labute approximate surface area is 156 Å². The van der Waals surface area contributed by atoms with Crippen LogP contribution in [0.5, 0.6) is 5.75 Å². The van der Waals surface area contributed by atoms with E-state index >= 15 is 0 Å². The maximum atomic E-state index is 13.0. The Morgan fingerprint density at radius 1 is 1.22 bits per heavy atom. The second-order valence-electron chi connectivity index (χ2n) is 6.36. The van der Waals surface area contributed by atoms with Crippen molar-refractivity contribution in [1.82, 2.24) is 20.1 Å². The molecule has 1 aliphatic rings. The summed E-state index contributed by atoms with van der Waals surface area (Å²) in [6.07, 6.45) is 1.44. The number of carbonyl (C=O) groups is 1. The zero-order chi connectivity index (χ0) is 18.8. The number of hydrogen-bond donors (Lipinski definition) is 3. The van der Waals surface area contributed by atoms with Gasteiger partial charge in [-0.25, -0.2) is 4.68 Å². The number of carbonyl (C=O) groups excluding carboxylic acids is 1. The number of allylic oxidation sites excluding steroid dienone is 1. The summed E-state index contributed by atoms with van der Waals surface area (Å²) in [5.74, 6) is 0.494. The van der Waals surface area contributed by atoms with Crippen LogP contribution >= 0.6 is 0 Å². The second-order valence-corrected chi connectivity index (χ2v) is 6.36. The number of nitrogens with one attached hydrogen (secondary N) is 2. The molecule has 0 bridgehead atoms. The number of aromatic hydroxyl groups is 1. The highest BCUT2D eigenvalue weighted by Crippen LogP contribution is 2.35. The maximum absolute atomic E-state index is 13.0. The standard InChI is InChI=1S/C20H19N5O2/c1-13-17(19(27)21-11-14-6-3-2-4-7-14)18(15-8-5-9-16(26)10-15)25-20(24-13)22-12-23-25/h2-10,12,18,26H,11H2,1H3,(H,21,27)(H,22,23,24)/t18-/m1/s1. The Bertz CT molecular complexity index is 1010. The number of rotatable bonds is 4. The van der Waals surface area contributed by atoms with E-state index in [0.717, 1.165) is 11.1 Å². The van der Waals surface area contributed by atoms with Gasteiger partial charge in [0.15, 0.2) is 0 Å². The summed E-state index contributed by atoms with van der Waals surface area (Å²) >= 11 is 0. The van der Waals surface area contributed by atoms with Crippen LogP contribution in [0.2, 0.25) is 0 Å². The minimum atomic E-state index is -0.480. The van der Waals surface area contributed by atoms with Gasteiger partial charge in [0, 0.05) is 12.2 Å². The number of aromatic nitrogens is 3. The minimum absolute atomic E-state index is 0.134. The SMILES string of the molecule is CC1=C(C(=O)NCc2ccccc2)[C@@H](c2cccc(O)c2)n2ncnc2N1. The summed E-state index contributed by atoms with van der Waals surface area (Å²) in [6.45, 7) is 2.26. The topological polar surface area (TPSA) is 92.1 Å². The van der Waals surface area contributed by atoms with Crippen molar-refractivity contribution in [3.05, 3.63) is 83.3 Å². The lowest BCUT2D eigenvalue weighted by Crippen LogP contribution is -2.34. The van der Waals surface area contributed by atoms with Crippen molar-refractivity contribution in [3.63, 3.8) is 0 Å². The molecule has 0 unspecified atom stereocenters. The Balaban J connectivity index is 1.69. The van der Waals surface area contributed by atoms with Crippen molar-refractivity contribution < 1.29 is 9.90 Å². The highest BCUT2D eigenvalue weighted by atomic mass is 16.3. The molecule has 0 saturated heterocycles. The zero-order valence-corrected chi connectivity index (χ0v) is 14.8. The van der Waals surface area contributed by atoms with Gasteiger partial charge in [-0.15, -0.1) is 0 Å². The molecule has 0 aliphatic carbocycles. The van der Waals surface area contributed by atoms with Crippen LogP contribution in [0.3, 0.4) is 0 Å². The lowest BCUT2D eigenvalue weighted by Gasteiger charge is -2.28. The number of fused-ring (bicyclic) bond motifs is 1. The van der Waals surface area contributed by atoms with Crippen molar-refractivity contribution in [1.29, 1.82) is 0 Å². The highest BCUT2D eigenvalue weighted by molar-refractivity contribution is 5.96. The van der Waals surface area contributed by atoms with Crippen LogP contribution in [-0.4, -0.2) is 25.8 Å². The Morgan fingerprint density at radius 2 is 2.04 bits per heavy atom. The van der Waals surface area contributed by atoms with Gasteiger partial charge in [-0.3, -0.25) is 4.79 Å². The average Bonchev–Trinajstić information content (AvgIpc) is 3.13. The van der Waals surface area contributed by atoms with E-state index in [1.54, 1.807) is 22.9 Å². The molecule has 136 valence electrons. The molecular formula is C20H19N5O2. The van der Waals surface area contributed by atoms with Crippen LogP contribution in [0.25, 0.3) is 0 Å². The fourth-order valence-electron chi connectivity index (χ4n) is 3.26. The molecule has 7 heteroatoms. The van der Waals surface area contributed by atoms with Gasteiger partial charge in [0.05, 0.1) is 5.57 Å². The van der Waals surface area contributed by atoms with Crippen molar-refractivity contribution in [2.75, 3.05) is 5.32 Å². The van der Waals surface area contributed by atoms with E-state index in [1.165, 1.54) is 6.33 Å². The number of amides is 1. The maximum Gasteiger partial charge on any atom is 0.251 e. The van der Waals surface area contributed by atoms with Gasteiger partial charge >= 0.3 is 0 Å². The van der Waals surface area contributed by atoms with Crippen LogP contribution in [0.4, 0.5) is 5.95 Å². The number of benzene rings is 2. The zero-order valence-electron chi connectivity index (χ0n) is 14.8. The largest absolute Gasteiger partial charge is 0.508 e. The van der Waals surface area contributed by atoms with E-state index in [2.05, 4.69) is 20.7 Å². The number of hydrogen-bond acceptors (Lipinski definition) is 5. The van der Waals surface area contributed by atoms with E-state index in [1.807, 2.05) is 43.3 Å². The van der Waals surface area contributed by atoms with E-state index in [0.29, 0.717) is 23.8 Å². The molecule has 7 nitrogen and oxygen atoms in total. The molecule has 0 saturated carbocycles. The normalized spacial score (nSPS) is 15.8. The highest BCUT2D eigenvalue weighted by Gasteiger charge is 2.33. The fraction of sp³-hybridized carbons (Fsp3) is 0.150. The molecule has 4 rings (SSSR count). The quantitative estimate of drug-likeness (QED) is 0.664. The third-order valence-corrected chi connectivity index (χ3v) is 4.52. The number of nitrogens with zero attached hydrogens (tertiary/aromatic N) is 3. The first kappa shape index (κ1) is 16.8. The van der Waals surface area contributed by atoms with Crippen molar-refractivity contribution >= 4 is 11.9 Å². The molecule has 1 aromatic heterocycles. The van der Waals surface area contributed by atoms with Gasteiger partial charge < -0.3 is 15.7 Å². The van der Waals surface area contributed by atoms with E-state index in [9.17, 15) is 9.90 Å². The van der Waals surface area contributed by atoms with Crippen molar-refractivity contribution in [2.24, 2.45) is 0 Å². The number of phenols is 1. The predicted molar refractivity (Wildman–Crippen MR) is 101 cm³/mol. The molecule has 1 atom stereocenters. The smallest absolute Gasteiger partial charge is 0.251 e. The lowest BCUT2D eigenvalue weighted by molar-refractivity contribution is -0.118. The van der Waals surface area contributed by atoms with E-state index in [-0.39, 0.29) is 11.7 Å². The molecule has 27 heavy (non-hydrogen) atoms. The van der Waals surface area contributed by atoms with Crippen LogP contribution in [0.1, 0.15) is 24.1 Å². The van der Waals surface area contributed by atoms with Gasteiger partial charge in [0.25, 0.3) is 5.91 Å². The Kier molecular flexibility index (Phi) is 4.33. The minimum Gasteiger partial charge on any atom is -0.508 e. The van der Waals surface area contributed by atoms with Gasteiger partial charge in [0.2, 0.25) is 5.95 Å². The molecule has 3 N–H and O–H groups in total. The van der Waals surface area contributed by atoms with Crippen molar-refractivity contribution in [2.45, 2.75) is 19.5 Å². The number of anilines is 1. The third kappa shape index (κ3) is 3.27. The summed E-state index contributed by atoms with van der Waals surface area (Å²) in [6, 6.07) is 16.1. The average molecular weight is 361 g/mol. The van der Waals surface area contributed by atoms with Crippen LogP contribution in [-0.2, 0) is 11.3 Å². The van der Waals surface area contributed by atoms with Gasteiger partial charge in [0.1, 0.15) is 18.1 Å². The molecule has 1 aliphatic heterocycles. The van der Waals surface area contributed by atoms with E-state index < -0.39 is 6.04 Å². The van der Waals surface area contributed by atoms with Crippen LogP contribution in [0.15, 0.2) is 72.2 Å². The first-order valence-electron chi connectivity index (χ1n) is 8.62. The van der Waals surface area contributed by atoms with Gasteiger partial charge in [-0.1, -0.05) is 42.5 Å². The Morgan fingerprint density at radius 3 is 2.81 bits per heavy atom. The molecule has 0 radical (unpaired) electrons. The van der Waals surface area contributed by atoms with E-state index in [4.69, 9.17) is 0 Å². The lowest BCUT2D eigenvalue weighted by atomic mass is 9.95. The molecule has 2 aromatic carbocycles. The second kappa shape index (κ2) is 6.95. The van der Waals surface area contributed by atoms with Crippen molar-refractivity contribution in [3.8, 4) is 5.75 Å². The molecule has 0 fully saturated rings. The van der Waals surface area contributed by atoms with Crippen LogP contribution < -0.4 is 10.6 Å². The summed E-state index contributed by atoms with van der Waals surface area (Å²) in [4.78, 5) is 17.3. The van der Waals surface area contributed by atoms with Crippen LogP contribution in [0, 0.1) is 0 Å². The molecular weight excluding hydrogens is 342 g/mol. The van der Waals surface area contributed by atoms with Gasteiger partial charge in [-0.2, -0.15) is 10.1 Å². The molecule has 2 heterocycles. The summed E-state index contributed by atoms with van der Waals surface area (Å²) in [7, 11) is 0. The number of phenolic OH excluding ortho intramolecular Hbond substituents is 1. The monoisotopic (exact) mass is 361 g/mol. The molecule has 3 aromatic rings. The predicted octanol–water partition coefficient (Wildman–Crippen LogP) is 2.59. The first-order chi connectivity index (χ1) is 13.1. The third-order valence-electron chi connectivity index (χ3n) is 4.52. The van der Waals surface area contributed by atoms with Gasteiger partial charge in [-0.05, 0) is 30.2 Å². The fourth-order valence-corrected chi connectivity index (χ4v) is 3.26. The Hall–Kier alpha value is -3.61. The summed E-state index contributed by atoms with van der Waals surface area (Å²) < 4.78 is 1.65. The molecule has 1 amide bonds.